The zero-order valence-corrected chi connectivity index (χ0v) is 5.39. The first kappa shape index (κ1) is 6.87. The number of hydrogen-bond acceptors (Lipinski definition) is 0. The van der Waals surface area contributed by atoms with Crippen molar-refractivity contribution in [2.75, 3.05) is 11.8 Å². The van der Waals surface area contributed by atoms with Crippen molar-refractivity contribution >= 4 is 34.8 Å². The van der Waals surface area contributed by atoms with Crippen LogP contribution in [0.1, 0.15) is 0 Å². The number of halogens is 3. The minimum atomic E-state index is -0.0617. The Hall–Kier alpha value is 0.870. The standard InChI is InChI=1S/C3H5Cl3/c4-1-3(6)2-5/h3H,1-2H2/i1+1,2+1,3+1. The van der Waals surface area contributed by atoms with Gasteiger partial charge < -0.3 is 0 Å². The van der Waals surface area contributed by atoms with Crippen LogP contribution in [0.3, 0.4) is 0 Å². The number of hydrogen-bond donors (Lipinski definition) is 0. The first-order chi connectivity index (χ1) is 2.81. The maximum atomic E-state index is 5.39. The van der Waals surface area contributed by atoms with Crippen molar-refractivity contribution in [2.45, 2.75) is 5.38 Å². The second-order valence-corrected chi connectivity index (χ2v) is 2.14. The van der Waals surface area contributed by atoms with E-state index in [1.165, 1.54) is 0 Å². The maximum absolute atomic E-state index is 5.39. The normalized spacial score (nSPS) is 10.0. The highest BCUT2D eigenvalue weighted by Gasteiger charge is 1.95. The molecule has 0 radical (unpaired) electrons. The highest BCUT2D eigenvalue weighted by atomic mass is 35.5. The summed E-state index contributed by atoms with van der Waals surface area (Å²) in [5.41, 5.74) is 0. The summed E-state index contributed by atoms with van der Waals surface area (Å²) in [7, 11) is 0. The molecule has 0 fully saturated rings. The fourth-order valence-electron chi connectivity index (χ4n) is 0.0412. The molecule has 0 aromatic carbocycles. The molecular formula is C3H5Cl3. The third-order valence-corrected chi connectivity index (χ3v) is 1.70. The molecule has 0 nitrogen and oxygen atoms in total. The molecule has 0 aromatic rings. The lowest BCUT2D eigenvalue weighted by molar-refractivity contribution is 1.12. The van der Waals surface area contributed by atoms with Crippen LogP contribution in [0.2, 0.25) is 0 Å². The van der Waals surface area contributed by atoms with Gasteiger partial charge in [-0.25, -0.2) is 0 Å². The molecule has 0 spiro atoms. The largest absolute Gasteiger partial charge is 0.125 e. The van der Waals surface area contributed by atoms with E-state index in [4.69, 9.17) is 34.8 Å². The van der Waals surface area contributed by atoms with E-state index in [1.807, 2.05) is 0 Å². The summed E-state index contributed by atoms with van der Waals surface area (Å²) in [5, 5.41) is -0.0617. The van der Waals surface area contributed by atoms with Gasteiger partial charge in [-0.05, 0) is 0 Å². The van der Waals surface area contributed by atoms with Gasteiger partial charge in [0.05, 0.1) is 5.38 Å². The summed E-state index contributed by atoms with van der Waals surface area (Å²) >= 11 is 15.9. The Bertz CT molecular complexity index is 25.2. The van der Waals surface area contributed by atoms with Crippen molar-refractivity contribution in [1.82, 2.24) is 0 Å². The van der Waals surface area contributed by atoms with Crippen molar-refractivity contribution in [3.8, 4) is 0 Å². The molecule has 0 saturated heterocycles. The minimum absolute atomic E-state index is 0.0617. The van der Waals surface area contributed by atoms with Gasteiger partial charge in [-0.3, -0.25) is 0 Å². The lowest BCUT2D eigenvalue weighted by atomic mass is 11.5. The summed E-state index contributed by atoms with van der Waals surface area (Å²) < 4.78 is 0. The summed E-state index contributed by atoms with van der Waals surface area (Å²) in [6, 6.07) is 0. The van der Waals surface area contributed by atoms with Gasteiger partial charge in [-0.15, -0.1) is 34.8 Å². The van der Waals surface area contributed by atoms with Crippen LogP contribution >= 0.6 is 34.8 Å². The van der Waals surface area contributed by atoms with Crippen molar-refractivity contribution in [3.63, 3.8) is 0 Å². The Kier molecular flexibility index (Phi) is 4.63. The summed E-state index contributed by atoms with van der Waals surface area (Å²) in [6.45, 7) is 0. The molecule has 0 aromatic heterocycles. The Morgan fingerprint density at radius 1 is 1.17 bits per heavy atom. The van der Waals surface area contributed by atoms with E-state index in [1.54, 1.807) is 0 Å². The number of alkyl halides is 3. The van der Waals surface area contributed by atoms with E-state index in [0.29, 0.717) is 11.8 Å². The van der Waals surface area contributed by atoms with Gasteiger partial charge in [0.2, 0.25) is 0 Å². The van der Waals surface area contributed by atoms with E-state index in [2.05, 4.69) is 0 Å². The van der Waals surface area contributed by atoms with E-state index in [0.717, 1.165) is 0 Å². The van der Waals surface area contributed by atoms with E-state index in [-0.39, 0.29) is 5.38 Å². The fraction of sp³-hybridized carbons (Fsp3) is 1.00. The molecule has 3 heteroatoms. The molecule has 0 aliphatic heterocycles. The molecule has 6 heavy (non-hydrogen) atoms. The topological polar surface area (TPSA) is 0 Å². The van der Waals surface area contributed by atoms with Crippen LogP contribution in [0.15, 0.2) is 0 Å². The van der Waals surface area contributed by atoms with Crippen molar-refractivity contribution in [1.29, 1.82) is 0 Å². The van der Waals surface area contributed by atoms with E-state index in [9.17, 15) is 0 Å². The van der Waals surface area contributed by atoms with Crippen LogP contribution in [-0.2, 0) is 0 Å². The highest BCUT2D eigenvalue weighted by Crippen LogP contribution is 1.99. The van der Waals surface area contributed by atoms with Gasteiger partial charge in [-0.2, -0.15) is 0 Å². The van der Waals surface area contributed by atoms with Gasteiger partial charge in [-0.1, -0.05) is 0 Å². The third kappa shape index (κ3) is 3.08. The zero-order valence-electron chi connectivity index (χ0n) is 3.13. The summed E-state index contributed by atoms with van der Waals surface area (Å²) in [5.74, 6) is 0.871. The molecule has 0 saturated carbocycles. The Morgan fingerprint density at radius 3 is 1.50 bits per heavy atom. The molecule has 0 aliphatic carbocycles. The number of rotatable bonds is 2. The molecule has 0 unspecified atom stereocenters. The molecule has 0 atom stereocenters. The predicted molar refractivity (Wildman–Crippen MR) is 31.1 cm³/mol. The molecule has 38 valence electrons. The lowest BCUT2D eigenvalue weighted by Crippen LogP contribution is -1.99. The van der Waals surface area contributed by atoms with Gasteiger partial charge in [0.15, 0.2) is 0 Å². The summed E-state index contributed by atoms with van der Waals surface area (Å²) in [4.78, 5) is 0. The van der Waals surface area contributed by atoms with Crippen molar-refractivity contribution < 1.29 is 0 Å². The Balaban J connectivity index is 2.75. The van der Waals surface area contributed by atoms with Crippen LogP contribution in [0, 0.1) is 0 Å². The van der Waals surface area contributed by atoms with Gasteiger partial charge in [0.1, 0.15) is 0 Å². The van der Waals surface area contributed by atoms with E-state index < -0.39 is 0 Å². The van der Waals surface area contributed by atoms with E-state index >= 15 is 0 Å². The molecular weight excluding hydrogens is 145 g/mol. The fourth-order valence-corrected chi connectivity index (χ4v) is 0.371. The minimum Gasteiger partial charge on any atom is -0.125 e. The molecule has 0 bridgehead atoms. The Labute approximate surface area is 52.4 Å². The SMILES string of the molecule is Cl[13CH2][13CH](Cl)[13CH2]Cl. The zero-order chi connectivity index (χ0) is 4.99. The quantitative estimate of drug-likeness (QED) is 0.418. The van der Waals surface area contributed by atoms with Gasteiger partial charge in [0.25, 0.3) is 0 Å². The molecule has 0 N–H and O–H groups in total. The maximum Gasteiger partial charge on any atom is 0.0606 e. The first-order valence-corrected chi connectivity index (χ1v) is 3.07. The molecule has 0 heterocycles. The second-order valence-electron chi connectivity index (χ2n) is 0.906. The summed E-state index contributed by atoms with van der Waals surface area (Å²) in [6.07, 6.45) is 0. The van der Waals surface area contributed by atoms with Gasteiger partial charge >= 0.3 is 0 Å². The van der Waals surface area contributed by atoms with Crippen molar-refractivity contribution in [2.24, 2.45) is 0 Å². The smallest absolute Gasteiger partial charge is 0.0606 e. The van der Waals surface area contributed by atoms with Crippen LogP contribution in [0.5, 0.6) is 0 Å². The monoisotopic (exact) mass is 149 g/mol. The van der Waals surface area contributed by atoms with Crippen molar-refractivity contribution in [3.05, 3.63) is 0 Å². The predicted octanol–water partition coefficient (Wildman–Crippen LogP) is 2.07. The van der Waals surface area contributed by atoms with Crippen LogP contribution < -0.4 is 0 Å². The van der Waals surface area contributed by atoms with Crippen LogP contribution in [0.25, 0.3) is 0 Å². The lowest BCUT2D eigenvalue weighted by Gasteiger charge is -1.92. The second kappa shape index (κ2) is 4.04. The molecule has 0 rings (SSSR count). The third-order valence-electron chi connectivity index (χ3n) is 0.335. The average Bonchev–Trinajstić information content (AvgIpc) is 1.65. The molecule has 0 amide bonds. The van der Waals surface area contributed by atoms with Crippen LogP contribution in [-0.4, -0.2) is 17.1 Å². The first-order valence-electron chi connectivity index (χ1n) is 1.57. The van der Waals surface area contributed by atoms with Gasteiger partial charge in [0, 0.05) is 11.8 Å². The highest BCUT2D eigenvalue weighted by molar-refractivity contribution is 6.32. The molecule has 0 aliphatic rings. The average molecular weight is 150 g/mol. The van der Waals surface area contributed by atoms with Crippen LogP contribution in [0.4, 0.5) is 0 Å². The Morgan fingerprint density at radius 2 is 1.50 bits per heavy atom.